The summed E-state index contributed by atoms with van der Waals surface area (Å²) in [5, 5.41) is 0.958. The molecule has 35 heavy (non-hydrogen) atoms. The number of carbonyl (C=O) groups is 1. The summed E-state index contributed by atoms with van der Waals surface area (Å²) in [6, 6.07) is 16.0. The molecule has 0 radical (unpaired) electrons. The van der Waals surface area contributed by atoms with Gasteiger partial charge in [-0.3, -0.25) is 14.2 Å². The van der Waals surface area contributed by atoms with Crippen LogP contribution in [0, 0.1) is 5.92 Å². The van der Waals surface area contributed by atoms with Crippen LogP contribution < -0.4 is 11.5 Å². The normalized spacial score (nSPS) is 18.2. The van der Waals surface area contributed by atoms with Crippen LogP contribution >= 0.6 is 0 Å². The molecule has 0 saturated heterocycles. The Morgan fingerprint density at radius 2 is 1.71 bits per heavy atom. The van der Waals surface area contributed by atoms with Crippen LogP contribution in [0.4, 0.5) is 5.82 Å². The number of rotatable bonds is 4. The van der Waals surface area contributed by atoms with Crippen LogP contribution in [-0.4, -0.2) is 30.2 Å². The standard InChI is InChI=1S/C27H25N7O/c28-23-15-30-14-22-24(33-27(34(22)23)18-8-6-16(7-9-18)25(29)35)19-10-11-20-13-31-26(32-21(20)12-19)17-4-2-1-3-5-17/h1-5,10-16,18H,6-9,28H2,(H2,29,35). The highest BCUT2D eigenvalue weighted by molar-refractivity contribution is 5.88. The number of nitrogens with two attached hydrogens (primary N) is 2. The van der Waals surface area contributed by atoms with Gasteiger partial charge in [-0.05, 0) is 31.7 Å². The van der Waals surface area contributed by atoms with Gasteiger partial charge < -0.3 is 11.5 Å². The van der Waals surface area contributed by atoms with E-state index in [1.807, 2.05) is 59.1 Å². The van der Waals surface area contributed by atoms with Crippen LogP contribution in [0.25, 0.3) is 39.1 Å². The Labute approximate surface area is 202 Å². The zero-order valence-corrected chi connectivity index (χ0v) is 19.1. The number of fused-ring (bicyclic) bond motifs is 2. The van der Waals surface area contributed by atoms with Crippen LogP contribution in [0.2, 0.25) is 0 Å². The molecule has 0 aliphatic heterocycles. The first kappa shape index (κ1) is 21.2. The summed E-state index contributed by atoms with van der Waals surface area (Å²) in [5.74, 6) is 2.06. The lowest BCUT2D eigenvalue weighted by Crippen LogP contribution is -2.27. The first-order valence-electron chi connectivity index (χ1n) is 11.8. The van der Waals surface area contributed by atoms with Crippen molar-refractivity contribution in [2.75, 3.05) is 5.73 Å². The maximum atomic E-state index is 11.6. The minimum atomic E-state index is -0.214. The van der Waals surface area contributed by atoms with Crippen LogP contribution in [0.1, 0.15) is 37.4 Å². The fourth-order valence-electron chi connectivity index (χ4n) is 5.10. The lowest BCUT2D eigenvalue weighted by molar-refractivity contribution is -0.122. The fourth-order valence-corrected chi connectivity index (χ4v) is 5.10. The molecular formula is C27H25N7O. The van der Waals surface area contributed by atoms with Crippen molar-refractivity contribution in [1.82, 2.24) is 24.3 Å². The Kier molecular flexibility index (Phi) is 5.13. The predicted octanol–water partition coefficient (Wildman–Crippen LogP) is 4.35. The average Bonchev–Trinajstić information content (AvgIpc) is 3.30. The fraction of sp³-hybridized carbons (Fsp3) is 0.222. The van der Waals surface area contributed by atoms with Crippen LogP contribution in [0.5, 0.6) is 0 Å². The first-order chi connectivity index (χ1) is 17.1. The van der Waals surface area contributed by atoms with Gasteiger partial charge in [0.15, 0.2) is 5.82 Å². The lowest BCUT2D eigenvalue weighted by atomic mass is 9.81. The number of benzene rings is 2. The maximum absolute atomic E-state index is 11.6. The number of anilines is 1. The summed E-state index contributed by atoms with van der Waals surface area (Å²) in [5.41, 5.74) is 16.3. The molecule has 0 spiro atoms. The number of nitrogens with zero attached hydrogens (tertiary/aromatic N) is 5. The van der Waals surface area contributed by atoms with E-state index in [2.05, 4.69) is 9.97 Å². The van der Waals surface area contributed by atoms with Crippen molar-refractivity contribution in [3.05, 3.63) is 72.9 Å². The summed E-state index contributed by atoms with van der Waals surface area (Å²) >= 11 is 0. The van der Waals surface area contributed by atoms with Gasteiger partial charge in [0.2, 0.25) is 5.91 Å². The molecule has 8 nitrogen and oxygen atoms in total. The monoisotopic (exact) mass is 463 g/mol. The minimum absolute atomic E-state index is 0.0602. The van der Waals surface area contributed by atoms with Crippen molar-refractivity contribution in [2.24, 2.45) is 11.7 Å². The van der Waals surface area contributed by atoms with E-state index in [-0.39, 0.29) is 17.7 Å². The molecule has 174 valence electrons. The van der Waals surface area contributed by atoms with Crippen molar-refractivity contribution in [1.29, 1.82) is 0 Å². The van der Waals surface area contributed by atoms with E-state index in [4.69, 9.17) is 21.4 Å². The van der Waals surface area contributed by atoms with Crippen molar-refractivity contribution in [3.63, 3.8) is 0 Å². The third-order valence-electron chi connectivity index (χ3n) is 6.98. The highest BCUT2D eigenvalue weighted by Crippen LogP contribution is 2.38. The van der Waals surface area contributed by atoms with Gasteiger partial charge in [0, 0.05) is 34.5 Å². The Morgan fingerprint density at radius 3 is 2.49 bits per heavy atom. The minimum Gasteiger partial charge on any atom is -0.383 e. The molecule has 5 aromatic rings. The molecule has 1 amide bonds. The Hall–Kier alpha value is -4.33. The van der Waals surface area contributed by atoms with Crippen LogP contribution in [0.3, 0.4) is 0 Å². The number of carbonyl (C=O) groups excluding carboxylic acids is 1. The Balaban J connectivity index is 1.44. The number of nitrogen functional groups attached to an aromatic ring is 1. The highest BCUT2D eigenvalue weighted by atomic mass is 16.1. The molecule has 8 heteroatoms. The predicted molar refractivity (Wildman–Crippen MR) is 135 cm³/mol. The van der Waals surface area contributed by atoms with Gasteiger partial charge in [-0.15, -0.1) is 0 Å². The maximum Gasteiger partial charge on any atom is 0.220 e. The van der Waals surface area contributed by atoms with Gasteiger partial charge in [-0.25, -0.2) is 15.0 Å². The molecule has 2 aromatic carbocycles. The first-order valence-corrected chi connectivity index (χ1v) is 11.8. The molecule has 1 aliphatic rings. The Morgan fingerprint density at radius 1 is 0.914 bits per heavy atom. The van der Waals surface area contributed by atoms with Crippen LogP contribution in [0.15, 0.2) is 67.1 Å². The number of hydrogen-bond donors (Lipinski definition) is 2. The van der Waals surface area contributed by atoms with Crippen molar-refractivity contribution in [2.45, 2.75) is 31.6 Å². The number of amides is 1. The number of imidazole rings is 1. The highest BCUT2D eigenvalue weighted by Gasteiger charge is 2.29. The topological polar surface area (TPSA) is 125 Å². The van der Waals surface area contributed by atoms with E-state index in [9.17, 15) is 4.79 Å². The molecule has 3 heterocycles. The molecule has 3 aromatic heterocycles. The third-order valence-corrected chi connectivity index (χ3v) is 6.98. The molecule has 0 atom stereocenters. The van der Waals surface area contributed by atoms with Gasteiger partial charge in [0.1, 0.15) is 11.6 Å². The van der Waals surface area contributed by atoms with Gasteiger partial charge in [-0.2, -0.15) is 0 Å². The zero-order valence-electron chi connectivity index (χ0n) is 19.1. The summed E-state index contributed by atoms with van der Waals surface area (Å²) in [7, 11) is 0. The van der Waals surface area contributed by atoms with E-state index in [0.29, 0.717) is 11.6 Å². The summed E-state index contributed by atoms with van der Waals surface area (Å²) in [4.78, 5) is 30.4. The SMILES string of the molecule is NC(=O)C1CCC(c2nc(-c3ccc4cnc(-c5ccccc5)nc4c3)c3cncc(N)n23)CC1. The Bertz CT molecular complexity index is 1550. The number of aromatic nitrogens is 5. The molecule has 0 bridgehead atoms. The zero-order chi connectivity index (χ0) is 23.9. The molecule has 4 N–H and O–H groups in total. The van der Waals surface area contributed by atoms with E-state index in [1.54, 1.807) is 12.4 Å². The number of primary amides is 1. The van der Waals surface area contributed by atoms with Crippen molar-refractivity contribution >= 4 is 28.1 Å². The molecule has 1 fully saturated rings. The largest absolute Gasteiger partial charge is 0.383 e. The van der Waals surface area contributed by atoms with E-state index >= 15 is 0 Å². The van der Waals surface area contributed by atoms with Crippen molar-refractivity contribution in [3.8, 4) is 22.6 Å². The van der Waals surface area contributed by atoms with E-state index < -0.39 is 0 Å². The molecular weight excluding hydrogens is 438 g/mol. The molecule has 1 aliphatic carbocycles. The van der Waals surface area contributed by atoms with Gasteiger partial charge >= 0.3 is 0 Å². The molecule has 6 rings (SSSR count). The average molecular weight is 464 g/mol. The van der Waals surface area contributed by atoms with E-state index in [0.717, 1.165) is 64.7 Å². The van der Waals surface area contributed by atoms with Gasteiger partial charge in [0.25, 0.3) is 0 Å². The van der Waals surface area contributed by atoms with E-state index in [1.165, 1.54) is 0 Å². The molecule has 1 saturated carbocycles. The summed E-state index contributed by atoms with van der Waals surface area (Å²) < 4.78 is 2.00. The summed E-state index contributed by atoms with van der Waals surface area (Å²) in [6.07, 6.45) is 8.53. The second-order valence-corrected chi connectivity index (χ2v) is 9.16. The lowest BCUT2D eigenvalue weighted by Gasteiger charge is -2.26. The number of hydrogen-bond acceptors (Lipinski definition) is 6. The quantitative estimate of drug-likeness (QED) is 0.408. The van der Waals surface area contributed by atoms with Crippen LogP contribution in [-0.2, 0) is 4.79 Å². The molecule has 0 unspecified atom stereocenters. The van der Waals surface area contributed by atoms with Gasteiger partial charge in [0.05, 0.1) is 29.1 Å². The summed E-state index contributed by atoms with van der Waals surface area (Å²) in [6.45, 7) is 0. The smallest absolute Gasteiger partial charge is 0.220 e. The third kappa shape index (κ3) is 3.77. The van der Waals surface area contributed by atoms with Crippen molar-refractivity contribution < 1.29 is 4.79 Å². The van der Waals surface area contributed by atoms with Gasteiger partial charge in [-0.1, -0.05) is 42.5 Å². The second kappa shape index (κ2) is 8.47. The second-order valence-electron chi connectivity index (χ2n) is 9.16.